The van der Waals surface area contributed by atoms with Gasteiger partial charge < -0.3 is 15.4 Å². The van der Waals surface area contributed by atoms with Gasteiger partial charge in [0.05, 0.1) is 16.6 Å². The number of nitrogens with zero attached hydrogens (tertiary/aromatic N) is 2. The number of halogens is 1. The van der Waals surface area contributed by atoms with E-state index in [1.165, 1.54) is 12.1 Å². The quantitative estimate of drug-likeness (QED) is 0.883. The molecule has 0 bridgehead atoms. The topological polar surface area (TPSA) is 64.1 Å². The Labute approximate surface area is 111 Å². The van der Waals surface area contributed by atoms with Crippen LogP contribution in [0.3, 0.4) is 0 Å². The van der Waals surface area contributed by atoms with Crippen molar-refractivity contribution in [2.75, 3.05) is 6.54 Å². The molecule has 5 heteroatoms. The van der Waals surface area contributed by atoms with Gasteiger partial charge in [-0.3, -0.25) is 0 Å². The Morgan fingerprint density at radius 1 is 1.53 bits per heavy atom. The molecule has 1 aromatic heterocycles. The molecule has 1 unspecified atom stereocenters. The summed E-state index contributed by atoms with van der Waals surface area (Å²) in [5, 5.41) is 10.1. The maximum atomic E-state index is 13.4. The van der Waals surface area contributed by atoms with Crippen LogP contribution in [0, 0.1) is 5.82 Å². The lowest BCUT2D eigenvalue weighted by atomic mass is 10.0. The normalized spacial score (nSPS) is 18.7. The van der Waals surface area contributed by atoms with Crippen molar-refractivity contribution in [3.8, 4) is 0 Å². The van der Waals surface area contributed by atoms with Crippen molar-refractivity contribution < 1.29 is 9.50 Å². The fourth-order valence-corrected chi connectivity index (χ4v) is 2.39. The first-order chi connectivity index (χ1) is 9.00. The minimum atomic E-state index is -0.980. The van der Waals surface area contributed by atoms with Crippen molar-refractivity contribution in [1.29, 1.82) is 0 Å². The van der Waals surface area contributed by atoms with Crippen molar-refractivity contribution in [3.05, 3.63) is 29.8 Å². The summed E-state index contributed by atoms with van der Waals surface area (Å²) in [6, 6.07) is 5.00. The van der Waals surface area contributed by atoms with E-state index in [4.69, 9.17) is 5.73 Å². The number of aliphatic hydroxyl groups is 1. The molecule has 0 spiro atoms. The molecule has 1 fully saturated rings. The van der Waals surface area contributed by atoms with Crippen LogP contribution in [0.5, 0.6) is 0 Å². The average molecular weight is 263 g/mol. The molecular formula is C14H18FN3O. The third-order valence-corrected chi connectivity index (χ3v) is 3.62. The summed E-state index contributed by atoms with van der Waals surface area (Å²) >= 11 is 0. The highest BCUT2D eigenvalue weighted by Crippen LogP contribution is 2.39. The van der Waals surface area contributed by atoms with Crippen LogP contribution >= 0.6 is 0 Å². The molecule has 3 N–H and O–H groups in total. The third-order valence-electron chi connectivity index (χ3n) is 3.62. The Morgan fingerprint density at radius 2 is 2.26 bits per heavy atom. The number of hydrogen-bond acceptors (Lipinski definition) is 3. The molecule has 1 aliphatic carbocycles. The molecule has 2 aromatic rings. The minimum absolute atomic E-state index is 0.176. The van der Waals surface area contributed by atoms with E-state index in [1.807, 2.05) is 0 Å². The Kier molecular flexibility index (Phi) is 2.83. The smallest absolute Gasteiger partial charge is 0.125 e. The zero-order chi connectivity index (χ0) is 13.6. The SMILES string of the molecule is CC(O)(CN)Cc1nc2ccc(F)cc2n1C1CC1. The molecule has 1 heterocycles. The zero-order valence-electron chi connectivity index (χ0n) is 10.9. The van der Waals surface area contributed by atoms with Crippen LogP contribution in [0.15, 0.2) is 18.2 Å². The number of rotatable bonds is 4. The molecule has 0 amide bonds. The van der Waals surface area contributed by atoms with Gasteiger partial charge in [0, 0.05) is 19.0 Å². The summed E-state index contributed by atoms with van der Waals surface area (Å²) < 4.78 is 15.5. The highest BCUT2D eigenvalue weighted by atomic mass is 19.1. The maximum absolute atomic E-state index is 13.4. The fourth-order valence-electron chi connectivity index (χ4n) is 2.39. The lowest BCUT2D eigenvalue weighted by Gasteiger charge is -2.21. The van der Waals surface area contributed by atoms with Gasteiger partial charge in [0.1, 0.15) is 11.6 Å². The summed E-state index contributed by atoms with van der Waals surface area (Å²) in [5.41, 5.74) is 6.17. The molecule has 1 aromatic carbocycles. The Bertz CT molecular complexity index is 616. The second-order valence-electron chi connectivity index (χ2n) is 5.64. The number of aromatic nitrogens is 2. The van der Waals surface area contributed by atoms with E-state index in [1.54, 1.807) is 13.0 Å². The number of nitrogens with two attached hydrogens (primary N) is 1. The van der Waals surface area contributed by atoms with Crippen LogP contribution in [0.1, 0.15) is 31.6 Å². The van der Waals surface area contributed by atoms with Gasteiger partial charge in [0.15, 0.2) is 0 Å². The van der Waals surface area contributed by atoms with Crippen molar-refractivity contribution in [1.82, 2.24) is 9.55 Å². The molecule has 0 saturated heterocycles. The summed E-state index contributed by atoms with van der Waals surface area (Å²) in [4.78, 5) is 4.53. The van der Waals surface area contributed by atoms with Crippen molar-refractivity contribution in [2.45, 2.75) is 37.8 Å². The molecule has 0 aliphatic heterocycles. The predicted octanol–water partition coefficient (Wildman–Crippen LogP) is 1.76. The molecule has 1 atom stereocenters. The van der Waals surface area contributed by atoms with Crippen LogP contribution in [0.2, 0.25) is 0 Å². The van der Waals surface area contributed by atoms with Gasteiger partial charge in [-0.25, -0.2) is 9.37 Å². The molecular weight excluding hydrogens is 245 g/mol. The molecule has 4 nitrogen and oxygen atoms in total. The monoisotopic (exact) mass is 263 g/mol. The van der Waals surface area contributed by atoms with Crippen molar-refractivity contribution in [2.24, 2.45) is 5.73 Å². The van der Waals surface area contributed by atoms with E-state index in [0.717, 1.165) is 29.7 Å². The van der Waals surface area contributed by atoms with Gasteiger partial charge in [0.2, 0.25) is 0 Å². The van der Waals surface area contributed by atoms with E-state index in [9.17, 15) is 9.50 Å². The molecule has 1 saturated carbocycles. The molecule has 0 radical (unpaired) electrons. The first-order valence-corrected chi connectivity index (χ1v) is 6.59. The molecule has 19 heavy (non-hydrogen) atoms. The van der Waals surface area contributed by atoms with Crippen LogP contribution < -0.4 is 5.73 Å². The average Bonchev–Trinajstić information content (AvgIpc) is 3.12. The molecule has 1 aliphatic rings. The zero-order valence-corrected chi connectivity index (χ0v) is 10.9. The van der Waals surface area contributed by atoms with Gasteiger partial charge in [-0.05, 0) is 38.0 Å². The number of hydrogen-bond donors (Lipinski definition) is 2. The fraction of sp³-hybridized carbons (Fsp3) is 0.500. The van der Waals surface area contributed by atoms with Gasteiger partial charge in [-0.15, -0.1) is 0 Å². The first-order valence-electron chi connectivity index (χ1n) is 6.59. The Morgan fingerprint density at radius 3 is 2.89 bits per heavy atom. The van der Waals surface area contributed by atoms with Crippen LogP contribution in [0.4, 0.5) is 4.39 Å². The standard InChI is InChI=1S/C14H18FN3O/c1-14(19,8-16)7-13-17-11-5-2-9(15)6-12(11)18(13)10-3-4-10/h2,5-6,10,19H,3-4,7-8,16H2,1H3. The predicted molar refractivity (Wildman–Crippen MR) is 71.3 cm³/mol. The number of benzene rings is 1. The minimum Gasteiger partial charge on any atom is -0.388 e. The van der Waals surface area contributed by atoms with E-state index in [2.05, 4.69) is 9.55 Å². The lowest BCUT2D eigenvalue weighted by molar-refractivity contribution is 0.0667. The summed E-state index contributed by atoms with van der Waals surface area (Å²) in [5.74, 6) is 0.532. The lowest BCUT2D eigenvalue weighted by Crippen LogP contribution is -2.37. The molecule has 3 rings (SSSR count). The van der Waals surface area contributed by atoms with Crippen LogP contribution in [-0.4, -0.2) is 26.8 Å². The van der Waals surface area contributed by atoms with Crippen molar-refractivity contribution in [3.63, 3.8) is 0 Å². The summed E-state index contributed by atoms with van der Waals surface area (Å²) in [7, 11) is 0. The Hall–Kier alpha value is -1.46. The van der Waals surface area contributed by atoms with E-state index < -0.39 is 5.60 Å². The maximum Gasteiger partial charge on any atom is 0.125 e. The third kappa shape index (κ3) is 2.35. The van der Waals surface area contributed by atoms with Crippen LogP contribution in [0.25, 0.3) is 11.0 Å². The van der Waals surface area contributed by atoms with E-state index >= 15 is 0 Å². The van der Waals surface area contributed by atoms with Crippen molar-refractivity contribution >= 4 is 11.0 Å². The first kappa shape index (κ1) is 12.6. The van der Waals surface area contributed by atoms with Crippen LogP contribution in [-0.2, 0) is 6.42 Å². The molecule has 102 valence electrons. The number of fused-ring (bicyclic) bond motifs is 1. The number of imidazole rings is 1. The summed E-state index contributed by atoms with van der Waals surface area (Å²) in [6.45, 7) is 1.87. The summed E-state index contributed by atoms with van der Waals surface area (Å²) in [6.07, 6.45) is 2.55. The van der Waals surface area contributed by atoms with E-state index in [0.29, 0.717) is 12.5 Å². The Balaban J connectivity index is 2.10. The highest BCUT2D eigenvalue weighted by molar-refractivity contribution is 5.76. The largest absolute Gasteiger partial charge is 0.388 e. The van der Waals surface area contributed by atoms with E-state index in [-0.39, 0.29) is 12.4 Å². The van der Waals surface area contributed by atoms with Gasteiger partial charge in [-0.2, -0.15) is 0 Å². The van der Waals surface area contributed by atoms with Gasteiger partial charge >= 0.3 is 0 Å². The second-order valence-corrected chi connectivity index (χ2v) is 5.64. The highest BCUT2D eigenvalue weighted by Gasteiger charge is 2.31. The van der Waals surface area contributed by atoms with Gasteiger partial charge in [-0.1, -0.05) is 0 Å². The second kappa shape index (κ2) is 4.28. The van der Waals surface area contributed by atoms with Gasteiger partial charge in [0.25, 0.3) is 0 Å².